The van der Waals surface area contributed by atoms with E-state index in [1.807, 2.05) is 0 Å². The lowest BCUT2D eigenvalue weighted by molar-refractivity contribution is 0.0195. The second-order valence-corrected chi connectivity index (χ2v) is 7.28. The number of nitrogens with zero attached hydrogens (tertiary/aromatic N) is 4. The summed E-state index contributed by atoms with van der Waals surface area (Å²) in [5, 5.41) is 3.52. The molecule has 2 atom stereocenters. The van der Waals surface area contributed by atoms with Crippen LogP contribution >= 0.6 is 24.0 Å². The summed E-state index contributed by atoms with van der Waals surface area (Å²) in [6.45, 7) is 16.2. The summed E-state index contributed by atoms with van der Waals surface area (Å²) >= 11 is 0. The van der Waals surface area contributed by atoms with Crippen LogP contribution in [0.3, 0.4) is 0 Å². The molecule has 3 saturated heterocycles. The SMILES string of the molecule is CCNC(=NCC1CCN(CC)C1)N1CCC(N2CCOCC2)C1.I. The lowest BCUT2D eigenvalue weighted by atomic mass is 10.1. The highest BCUT2D eigenvalue weighted by atomic mass is 127. The fourth-order valence-corrected chi connectivity index (χ4v) is 4.17. The smallest absolute Gasteiger partial charge is 0.193 e. The van der Waals surface area contributed by atoms with Crippen molar-refractivity contribution in [2.45, 2.75) is 32.7 Å². The van der Waals surface area contributed by atoms with Gasteiger partial charge >= 0.3 is 0 Å². The Morgan fingerprint density at radius 1 is 1.08 bits per heavy atom. The molecule has 0 amide bonds. The molecule has 25 heavy (non-hydrogen) atoms. The number of nitrogens with one attached hydrogen (secondary N) is 1. The van der Waals surface area contributed by atoms with Gasteiger partial charge in [-0.1, -0.05) is 6.92 Å². The molecule has 0 radical (unpaired) electrons. The van der Waals surface area contributed by atoms with Crippen LogP contribution in [-0.2, 0) is 4.74 Å². The molecular weight excluding hydrogens is 429 g/mol. The highest BCUT2D eigenvalue weighted by Gasteiger charge is 2.30. The van der Waals surface area contributed by atoms with E-state index in [1.165, 1.54) is 32.5 Å². The molecule has 7 heteroatoms. The highest BCUT2D eigenvalue weighted by Crippen LogP contribution is 2.19. The van der Waals surface area contributed by atoms with Crippen LogP contribution in [0.5, 0.6) is 0 Å². The monoisotopic (exact) mass is 465 g/mol. The molecule has 146 valence electrons. The van der Waals surface area contributed by atoms with Crippen molar-refractivity contribution in [3.63, 3.8) is 0 Å². The van der Waals surface area contributed by atoms with E-state index in [4.69, 9.17) is 9.73 Å². The van der Waals surface area contributed by atoms with Gasteiger partial charge in [-0.05, 0) is 38.8 Å². The first-order valence-electron chi connectivity index (χ1n) is 9.87. The Hall–Kier alpha value is -0.120. The predicted octanol–water partition coefficient (Wildman–Crippen LogP) is 1.32. The van der Waals surface area contributed by atoms with Crippen molar-refractivity contribution in [3.8, 4) is 0 Å². The van der Waals surface area contributed by atoms with Gasteiger partial charge in [0.05, 0.1) is 13.2 Å². The zero-order chi connectivity index (χ0) is 16.8. The van der Waals surface area contributed by atoms with Crippen LogP contribution in [0.1, 0.15) is 26.7 Å². The number of aliphatic imine (C=N–C) groups is 1. The maximum absolute atomic E-state index is 5.49. The van der Waals surface area contributed by atoms with Crippen molar-refractivity contribution in [2.75, 3.05) is 72.1 Å². The number of rotatable bonds is 5. The molecule has 3 aliphatic rings. The number of hydrogen-bond acceptors (Lipinski definition) is 4. The van der Waals surface area contributed by atoms with Crippen LogP contribution in [-0.4, -0.2) is 98.8 Å². The first-order chi connectivity index (χ1) is 11.8. The third-order valence-electron chi connectivity index (χ3n) is 5.68. The number of guanidine groups is 1. The molecule has 1 N–H and O–H groups in total. The number of morpholine rings is 1. The fourth-order valence-electron chi connectivity index (χ4n) is 4.17. The van der Waals surface area contributed by atoms with Crippen molar-refractivity contribution in [3.05, 3.63) is 0 Å². The summed E-state index contributed by atoms with van der Waals surface area (Å²) in [4.78, 5) is 12.6. The summed E-state index contributed by atoms with van der Waals surface area (Å²) in [6.07, 6.45) is 2.55. The van der Waals surface area contributed by atoms with Gasteiger partial charge < -0.3 is 19.9 Å². The van der Waals surface area contributed by atoms with Crippen LogP contribution in [0.4, 0.5) is 0 Å². The Balaban J connectivity index is 0.00000225. The van der Waals surface area contributed by atoms with Crippen molar-refractivity contribution in [1.82, 2.24) is 20.0 Å². The molecule has 6 nitrogen and oxygen atoms in total. The maximum atomic E-state index is 5.49. The van der Waals surface area contributed by atoms with Crippen LogP contribution < -0.4 is 5.32 Å². The highest BCUT2D eigenvalue weighted by molar-refractivity contribution is 14.0. The second-order valence-electron chi connectivity index (χ2n) is 7.28. The van der Waals surface area contributed by atoms with Crippen LogP contribution in [0.15, 0.2) is 4.99 Å². The summed E-state index contributed by atoms with van der Waals surface area (Å²) in [5.74, 6) is 1.86. The number of ether oxygens (including phenoxy) is 1. The summed E-state index contributed by atoms with van der Waals surface area (Å²) in [6, 6.07) is 0.666. The van der Waals surface area contributed by atoms with Gasteiger partial charge in [0.25, 0.3) is 0 Å². The van der Waals surface area contributed by atoms with E-state index in [2.05, 4.69) is 33.9 Å². The van der Waals surface area contributed by atoms with Crippen LogP contribution in [0.2, 0.25) is 0 Å². The Morgan fingerprint density at radius 3 is 2.56 bits per heavy atom. The minimum atomic E-state index is 0. The lowest BCUT2D eigenvalue weighted by Gasteiger charge is -2.32. The Kier molecular flexibility index (Phi) is 9.23. The van der Waals surface area contributed by atoms with Crippen molar-refractivity contribution < 1.29 is 4.74 Å². The van der Waals surface area contributed by atoms with E-state index in [1.54, 1.807) is 0 Å². The summed E-state index contributed by atoms with van der Waals surface area (Å²) < 4.78 is 5.49. The average Bonchev–Trinajstić information content (AvgIpc) is 3.29. The first kappa shape index (κ1) is 21.2. The van der Waals surface area contributed by atoms with E-state index in [-0.39, 0.29) is 24.0 Å². The van der Waals surface area contributed by atoms with Gasteiger partial charge in [0, 0.05) is 51.9 Å². The van der Waals surface area contributed by atoms with Gasteiger partial charge in [0.2, 0.25) is 0 Å². The van der Waals surface area contributed by atoms with Gasteiger partial charge in [-0.2, -0.15) is 0 Å². The standard InChI is InChI=1S/C18H35N5O.HI/c1-3-19-18(20-13-16-5-7-21(4-2)14-16)23-8-6-17(15-23)22-9-11-24-12-10-22;/h16-17H,3-15H2,1-2H3,(H,19,20);1H. The molecule has 0 aromatic carbocycles. The average molecular weight is 465 g/mol. The molecule has 3 aliphatic heterocycles. The normalized spacial score (nSPS) is 29.0. The molecular formula is C18H36IN5O. The third kappa shape index (κ3) is 5.94. The molecule has 0 saturated carbocycles. The Labute approximate surface area is 170 Å². The van der Waals surface area contributed by atoms with E-state index in [9.17, 15) is 0 Å². The molecule has 0 spiro atoms. The molecule has 0 bridgehead atoms. The number of halogens is 1. The summed E-state index contributed by atoms with van der Waals surface area (Å²) in [5.41, 5.74) is 0. The number of hydrogen-bond donors (Lipinski definition) is 1. The van der Waals surface area contributed by atoms with Gasteiger partial charge in [-0.15, -0.1) is 24.0 Å². The topological polar surface area (TPSA) is 43.3 Å². The maximum Gasteiger partial charge on any atom is 0.193 e. The third-order valence-corrected chi connectivity index (χ3v) is 5.68. The van der Waals surface area contributed by atoms with Crippen molar-refractivity contribution in [2.24, 2.45) is 10.9 Å². The predicted molar refractivity (Wildman–Crippen MR) is 114 cm³/mol. The minimum absolute atomic E-state index is 0. The zero-order valence-electron chi connectivity index (χ0n) is 16.0. The van der Waals surface area contributed by atoms with Crippen molar-refractivity contribution in [1.29, 1.82) is 0 Å². The Bertz CT molecular complexity index is 416. The van der Waals surface area contributed by atoms with Crippen LogP contribution in [0, 0.1) is 5.92 Å². The largest absolute Gasteiger partial charge is 0.379 e. The van der Waals surface area contributed by atoms with Gasteiger partial charge in [0.15, 0.2) is 5.96 Å². The van der Waals surface area contributed by atoms with Crippen LogP contribution in [0.25, 0.3) is 0 Å². The van der Waals surface area contributed by atoms with E-state index in [0.29, 0.717) is 6.04 Å². The summed E-state index contributed by atoms with van der Waals surface area (Å²) in [7, 11) is 0. The van der Waals surface area contributed by atoms with Gasteiger partial charge in [0.1, 0.15) is 0 Å². The molecule has 0 aromatic heterocycles. The molecule has 3 heterocycles. The minimum Gasteiger partial charge on any atom is -0.379 e. The van der Waals surface area contributed by atoms with E-state index in [0.717, 1.165) is 64.4 Å². The zero-order valence-corrected chi connectivity index (χ0v) is 18.3. The lowest BCUT2D eigenvalue weighted by Crippen LogP contribution is -2.46. The molecule has 2 unspecified atom stereocenters. The van der Waals surface area contributed by atoms with Crippen molar-refractivity contribution >= 4 is 29.9 Å². The Morgan fingerprint density at radius 2 is 1.88 bits per heavy atom. The quantitative estimate of drug-likeness (QED) is 0.377. The van der Waals surface area contributed by atoms with Gasteiger partial charge in [-0.3, -0.25) is 9.89 Å². The molecule has 3 fully saturated rings. The number of likely N-dealkylation sites (tertiary alicyclic amines) is 2. The fraction of sp³-hybridized carbons (Fsp3) is 0.944. The molecule has 3 rings (SSSR count). The second kappa shape index (κ2) is 10.9. The molecule has 0 aromatic rings. The van der Waals surface area contributed by atoms with E-state index >= 15 is 0 Å². The van der Waals surface area contributed by atoms with Gasteiger partial charge in [-0.25, -0.2) is 0 Å². The molecule has 0 aliphatic carbocycles. The van der Waals surface area contributed by atoms with E-state index < -0.39 is 0 Å². The first-order valence-corrected chi connectivity index (χ1v) is 9.87.